The molecule has 0 aliphatic carbocycles. The summed E-state index contributed by atoms with van der Waals surface area (Å²) >= 11 is 0. The zero-order valence-corrected chi connectivity index (χ0v) is 10.4. The number of anilines is 1. The molecule has 1 N–H and O–H groups in total. The van der Waals surface area contributed by atoms with Gasteiger partial charge in [0.2, 0.25) is 0 Å². The number of aryl methyl sites for hydroxylation is 1. The van der Waals surface area contributed by atoms with Gasteiger partial charge < -0.3 is 9.88 Å². The molecule has 5 heteroatoms. The molecule has 0 fully saturated rings. The van der Waals surface area contributed by atoms with Gasteiger partial charge in [0, 0.05) is 30.5 Å². The maximum atomic E-state index is 12.1. The molecule has 94 valence electrons. The van der Waals surface area contributed by atoms with Crippen molar-refractivity contribution in [3.8, 4) is 0 Å². The van der Waals surface area contributed by atoms with Crippen molar-refractivity contribution in [2.24, 2.45) is 7.05 Å². The molecule has 2 heterocycles. The third-order valence-corrected chi connectivity index (χ3v) is 2.97. The molecule has 0 unspecified atom stereocenters. The number of fused-ring (bicyclic) bond motifs is 1. The summed E-state index contributed by atoms with van der Waals surface area (Å²) in [7, 11) is 1.95. The second-order valence-corrected chi connectivity index (χ2v) is 4.25. The first kappa shape index (κ1) is 11.4. The molecule has 19 heavy (non-hydrogen) atoms. The minimum Gasteiger partial charge on any atom is -0.351 e. The first-order valence-electron chi connectivity index (χ1n) is 5.86. The lowest BCUT2D eigenvalue weighted by molar-refractivity contribution is 0.102. The normalized spacial score (nSPS) is 10.6. The fourth-order valence-corrected chi connectivity index (χ4v) is 1.96. The predicted octanol–water partition coefficient (Wildman–Crippen LogP) is 2.22. The Labute approximate surface area is 109 Å². The van der Waals surface area contributed by atoms with Crippen molar-refractivity contribution in [3.05, 3.63) is 54.6 Å². The van der Waals surface area contributed by atoms with Crippen LogP contribution in [-0.4, -0.2) is 20.4 Å². The molecule has 1 aromatic carbocycles. The third-order valence-electron chi connectivity index (χ3n) is 2.97. The number of nitrogens with zero attached hydrogens (tertiary/aromatic N) is 3. The Hall–Kier alpha value is -2.69. The van der Waals surface area contributed by atoms with Gasteiger partial charge in [-0.15, -0.1) is 0 Å². The number of hydrogen-bond acceptors (Lipinski definition) is 3. The fourth-order valence-electron chi connectivity index (χ4n) is 1.96. The highest BCUT2D eigenvalue weighted by Gasteiger charge is 2.08. The maximum absolute atomic E-state index is 12.1. The molecule has 3 aromatic rings. The summed E-state index contributed by atoms with van der Waals surface area (Å²) in [5.41, 5.74) is 1.63. The summed E-state index contributed by atoms with van der Waals surface area (Å²) in [5.74, 6) is 0.314. The van der Waals surface area contributed by atoms with Crippen molar-refractivity contribution in [2.75, 3.05) is 5.32 Å². The van der Waals surface area contributed by atoms with Gasteiger partial charge in [-0.2, -0.15) is 0 Å². The van der Waals surface area contributed by atoms with E-state index in [1.54, 1.807) is 18.3 Å². The Bertz CT molecular complexity index is 734. The van der Waals surface area contributed by atoms with Crippen LogP contribution < -0.4 is 5.32 Å². The van der Waals surface area contributed by atoms with E-state index >= 15 is 0 Å². The largest absolute Gasteiger partial charge is 0.351 e. The average molecular weight is 252 g/mol. The van der Waals surface area contributed by atoms with Crippen LogP contribution in [0.3, 0.4) is 0 Å². The second kappa shape index (κ2) is 4.53. The predicted molar refractivity (Wildman–Crippen MR) is 72.9 cm³/mol. The van der Waals surface area contributed by atoms with Crippen molar-refractivity contribution in [1.82, 2.24) is 14.5 Å². The van der Waals surface area contributed by atoms with Gasteiger partial charge in [0.15, 0.2) is 0 Å². The van der Waals surface area contributed by atoms with Crippen LogP contribution in [0.1, 0.15) is 10.4 Å². The van der Waals surface area contributed by atoms with Gasteiger partial charge in [-0.3, -0.25) is 4.79 Å². The van der Waals surface area contributed by atoms with Crippen molar-refractivity contribution < 1.29 is 4.79 Å². The van der Waals surface area contributed by atoms with E-state index in [1.165, 1.54) is 6.33 Å². The smallest absolute Gasteiger partial charge is 0.256 e. The number of rotatable bonds is 2. The molecule has 2 aromatic heterocycles. The number of benzene rings is 1. The summed E-state index contributed by atoms with van der Waals surface area (Å²) in [6.07, 6.45) is 4.95. The molecule has 0 saturated heterocycles. The highest BCUT2D eigenvalue weighted by atomic mass is 16.1. The van der Waals surface area contributed by atoms with Gasteiger partial charge in [-0.1, -0.05) is 6.07 Å². The van der Waals surface area contributed by atoms with Crippen LogP contribution >= 0.6 is 0 Å². The summed E-state index contributed by atoms with van der Waals surface area (Å²) in [5, 5.41) is 3.85. The number of aromatic nitrogens is 3. The summed E-state index contributed by atoms with van der Waals surface area (Å²) in [6, 6.07) is 9.27. The highest BCUT2D eigenvalue weighted by Crippen LogP contribution is 2.17. The molecule has 3 rings (SSSR count). The lowest BCUT2D eigenvalue weighted by atomic mass is 10.1. The standard InChI is InChI=1S/C14H12N4O/c1-18-7-5-10-2-3-11(8-12(10)18)14(19)17-13-4-6-15-9-16-13/h2-9H,1H3,(H,15,16,17,19). The van der Waals surface area contributed by atoms with Crippen molar-refractivity contribution in [2.45, 2.75) is 0 Å². The molecule has 5 nitrogen and oxygen atoms in total. The number of hydrogen-bond donors (Lipinski definition) is 1. The molecule has 0 saturated carbocycles. The Morgan fingerprint density at radius 1 is 1.26 bits per heavy atom. The summed E-state index contributed by atoms with van der Waals surface area (Å²) in [6.45, 7) is 0. The van der Waals surface area contributed by atoms with E-state index in [0.29, 0.717) is 11.4 Å². The third kappa shape index (κ3) is 2.18. The van der Waals surface area contributed by atoms with Gasteiger partial charge in [0.25, 0.3) is 5.91 Å². The molecule has 1 amide bonds. The quantitative estimate of drug-likeness (QED) is 0.760. The van der Waals surface area contributed by atoms with Crippen LogP contribution in [0.2, 0.25) is 0 Å². The first-order valence-corrected chi connectivity index (χ1v) is 5.86. The lowest BCUT2D eigenvalue weighted by Crippen LogP contribution is -2.12. The van der Waals surface area contributed by atoms with Crippen LogP contribution in [0.25, 0.3) is 10.9 Å². The van der Waals surface area contributed by atoms with E-state index in [-0.39, 0.29) is 5.91 Å². The van der Waals surface area contributed by atoms with Gasteiger partial charge in [-0.05, 0) is 29.7 Å². The number of amides is 1. The van der Waals surface area contributed by atoms with Gasteiger partial charge in [0.05, 0.1) is 0 Å². The second-order valence-electron chi connectivity index (χ2n) is 4.25. The Morgan fingerprint density at radius 3 is 2.95 bits per heavy atom. The Balaban J connectivity index is 1.91. The summed E-state index contributed by atoms with van der Waals surface area (Å²) < 4.78 is 1.98. The fraction of sp³-hybridized carbons (Fsp3) is 0.0714. The summed E-state index contributed by atoms with van der Waals surface area (Å²) in [4.78, 5) is 19.9. The number of carbonyl (C=O) groups is 1. The lowest BCUT2D eigenvalue weighted by Gasteiger charge is -2.04. The van der Waals surface area contributed by atoms with Crippen molar-refractivity contribution >= 4 is 22.6 Å². The molecule has 0 spiro atoms. The minimum atomic E-state index is -0.179. The van der Waals surface area contributed by atoms with E-state index < -0.39 is 0 Å². The zero-order chi connectivity index (χ0) is 13.2. The Kier molecular flexibility index (Phi) is 2.72. The molecular weight excluding hydrogens is 240 g/mol. The minimum absolute atomic E-state index is 0.179. The van der Waals surface area contributed by atoms with Gasteiger partial charge >= 0.3 is 0 Å². The van der Waals surface area contributed by atoms with Crippen LogP contribution in [-0.2, 0) is 7.05 Å². The molecule has 0 bridgehead atoms. The van der Waals surface area contributed by atoms with Gasteiger partial charge in [0.1, 0.15) is 12.1 Å². The monoisotopic (exact) mass is 252 g/mol. The SMILES string of the molecule is Cn1ccc2ccc(C(=O)Nc3ccncn3)cc21. The first-order chi connectivity index (χ1) is 9.24. The zero-order valence-electron chi connectivity index (χ0n) is 10.4. The molecule has 0 radical (unpaired) electrons. The van der Waals surface area contributed by atoms with E-state index in [9.17, 15) is 4.79 Å². The highest BCUT2D eigenvalue weighted by molar-refractivity contribution is 6.05. The topological polar surface area (TPSA) is 59.8 Å². The molecule has 0 atom stereocenters. The number of carbonyl (C=O) groups excluding carboxylic acids is 1. The van der Waals surface area contributed by atoms with Crippen LogP contribution in [0.4, 0.5) is 5.82 Å². The van der Waals surface area contributed by atoms with Crippen LogP contribution in [0.5, 0.6) is 0 Å². The number of nitrogens with one attached hydrogen (secondary N) is 1. The molecule has 0 aliphatic rings. The molecule has 0 aliphatic heterocycles. The van der Waals surface area contributed by atoms with Gasteiger partial charge in [-0.25, -0.2) is 9.97 Å². The van der Waals surface area contributed by atoms with E-state index in [2.05, 4.69) is 15.3 Å². The van der Waals surface area contributed by atoms with Crippen LogP contribution in [0, 0.1) is 0 Å². The maximum Gasteiger partial charge on any atom is 0.256 e. The van der Waals surface area contributed by atoms with E-state index in [1.807, 2.05) is 36.0 Å². The van der Waals surface area contributed by atoms with Crippen LogP contribution in [0.15, 0.2) is 49.1 Å². The average Bonchev–Trinajstić information content (AvgIpc) is 2.81. The van der Waals surface area contributed by atoms with Crippen molar-refractivity contribution in [1.29, 1.82) is 0 Å². The van der Waals surface area contributed by atoms with E-state index in [4.69, 9.17) is 0 Å². The van der Waals surface area contributed by atoms with E-state index in [0.717, 1.165) is 10.9 Å². The van der Waals surface area contributed by atoms with Crippen molar-refractivity contribution in [3.63, 3.8) is 0 Å². The molecular formula is C14H12N4O. The Morgan fingerprint density at radius 2 is 2.16 bits per heavy atom.